The number of amides is 1. The number of aliphatic imine (C=N–C) groups is 1. The van der Waals surface area contributed by atoms with Gasteiger partial charge in [-0.1, -0.05) is 30.3 Å². The molecule has 0 aliphatic rings. The van der Waals surface area contributed by atoms with E-state index in [1.165, 1.54) is 0 Å². The van der Waals surface area contributed by atoms with E-state index in [2.05, 4.69) is 28.1 Å². The van der Waals surface area contributed by atoms with Gasteiger partial charge < -0.3 is 25.4 Å². The zero-order chi connectivity index (χ0) is 23.0. The van der Waals surface area contributed by atoms with Gasteiger partial charge in [0.25, 0.3) is 5.91 Å². The molecule has 0 atom stereocenters. The van der Waals surface area contributed by atoms with Crippen LogP contribution in [0.1, 0.15) is 41.8 Å². The van der Waals surface area contributed by atoms with Gasteiger partial charge in [0, 0.05) is 37.4 Å². The topological polar surface area (TPSA) is 84.0 Å². The van der Waals surface area contributed by atoms with Gasteiger partial charge in [0.1, 0.15) is 12.4 Å². The highest BCUT2D eigenvalue weighted by Crippen LogP contribution is 2.21. The monoisotopic (exact) mass is 568 g/mol. The third kappa shape index (κ3) is 11.4. The number of nitrogens with one attached hydrogen (secondary N) is 3. The van der Waals surface area contributed by atoms with Crippen molar-refractivity contribution in [3.8, 4) is 5.75 Å². The molecule has 0 unspecified atom stereocenters. The highest BCUT2D eigenvalue weighted by atomic mass is 127. The lowest BCUT2D eigenvalue weighted by molar-refractivity contribution is 0.0953. The molecule has 0 saturated carbocycles. The number of rotatable bonds is 13. The molecule has 0 heterocycles. The van der Waals surface area contributed by atoms with Gasteiger partial charge in [-0.3, -0.25) is 4.79 Å². The van der Waals surface area contributed by atoms with Crippen LogP contribution in [0.25, 0.3) is 0 Å². The summed E-state index contributed by atoms with van der Waals surface area (Å²) in [5.74, 6) is 1.53. The Labute approximate surface area is 214 Å². The molecule has 33 heavy (non-hydrogen) atoms. The van der Waals surface area contributed by atoms with E-state index in [4.69, 9.17) is 14.5 Å². The standard InChI is InChI=1S/C25H36N4O3.HI/c1-4-26-25(28-15-9-14-27-24(30)21-10-7-6-8-11-21)29-19-22-13-12-20(3)18-23(22)32-17-16-31-5-2;/h6-8,10-13,18H,4-5,9,14-17,19H2,1-3H3,(H,27,30)(H2,26,28,29);1H. The van der Waals surface area contributed by atoms with Crippen molar-refractivity contribution in [2.45, 2.75) is 33.7 Å². The summed E-state index contributed by atoms with van der Waals surface area (Å²) in [6.45, 7) is 10.4. The van der Waals surface area contributed by atoms with Crippen LogP contribution in [0.5, 0.6) is 5.75 Å². The molecule has 7 nitrogen and oxygen atoms in total. The molecular formula is C25H37IN4O3. The molecule has 8 heteroatoms. The minimum absolute atomic E-state index is 0. The van der Waals surface area contributed by atoms with Crippen LogP contribution in [0.3, 0.4) is 0 Å². The number of ether oxygens (including phenoxy) is 2. The number of hydrogen-bond acceptors (Lipinski definition) is 4. The number of guanidine groups is 1. The Bertz CT molecular complexity index is 847. The first-order valence-electron chi connectivity index (χ1n) is 11.3. The lowest BCUT2D eigenvalue weighted by atomic mass is 10.1. The smallest absolute Gasteiger partial charge is 0.251 e. The van der Waals surface area contributed by atoms with E-state index in [0.717, 1.165) is 35.8 Å². The van der Waals surface area contributed by atoms with Crippen molar-refractivity contribution in [3.05, 3.63) is 65.2 Å². The molecule has 1 amide bonds. The third-order valence-electron chi connectivity index (χ3n) is 4.63. The minimum atomic E-state index is -0.0533. The summed E-state index contributed by atoms with van der Waals surface area (Å²) in [7, 11) is 0. The van der Waals surface area contributed by atoms with Gasteiger partial charge in [-0.2, -0.15) is 0 Å². The molecule has 0 fully saturated rings. The summed E-state index contributed by atoms with van der Waals surface area (Å²) in [6, 6.07) is 15.4. The van der Waals surface area contributed by atoms with Crippen LogP contribution >= 0.6 is 24.0 Å². The second kappa shape index (κ2) is 17.2. The zero-order valence-electron chi connectivity index (χ0n) is 19.9. The van der Waals surface area contributed by atoms with E-state index in [1.807, 2.05) is 57.2 Å². The molecule has 3 N–H and O–H groups in total. The highest BCUT2D eigenvalue weighted by Gasteiger charge is 2.06. The van der Waals surface area contributed by atoms with Crippen molar-refractivity contribution >= 4 is 35.8 Å². The summed E-state index contributed by atoms with van der Waals surface area (Å²) in [5, 5.41) is 9.52. The summed E-state index contributed by atoms with van der Waals surface area (Å²) in [6.07, 6.45) is 0.791. The molecule has 2 aromatic carbocycles. The minimum Gasteiger partial charge on any atom is -0.491 e. The Morgan fingerprint density at radius 1 is 0.970 bits per heavy atom. The number of hydrogen-bond donors (Lipinski definition) is 3. The largest absolute Gasteiger partial charge is 0.491 e. The third-order valence-corrected chi connectivity index (χ3v) is 4.63. The van der Waals surface area contributed by atoms with Gasteiger partial charge >= 0.3 is 0 Å². The van der Waals surface area contributed by atoms with Crippen LogP contribution in [0.15, 0.2) is 53.5 Å². The van der Waals surface area contributed by atoms with Gasteiger partial charge in [-0.05, 0) is 51.0 Å². The Balaban J connectivity index is 0.00000544. The Morgan fingerprint density at radius 3 is 2.45 bits per heavy atom. The number of aryl methyl sites for hydroxylation is 1. The van der Waals surface area contributed by atoms with Crippen molar-refractivity contribution < 1.29 is 14.3 Å². The average Bonchev–Trinajstić information content (AvgIpc) is 2.81. The van der Waals surface area contributed by atoms with E-state index in [0.29, 0.717) is 45.0 Å². The maximum Gasteiger partial charge on any atom is 0.251 e. The summed E-state index contributed by atoms with van der Waals surface area (Å²) in [5.41, 5.74) is 2.85. The second-order valence-corrected chi connectivity index (χ2v) is 7.25. The fourth-order valence-electron chi connectivity index (χ4n) is 2.98. The summed E-state index contributed by atoms with van der Waals surface area (Å²) in [4.78, 5) is 16.8. The number of nitrogens with zero attached hydrogens (tertiary/aromatic N) is 1. The Hall–Kier alpha value is -2.33. The molecule has 182 valence electrons. The van der Waals surface area contributed by atoms with E-state index in [-0.39, 0.29) is 29.9 Å². The predicted octanol–water partition coefficient (Wildman–Crippen LogP) is 3.90. The first-order chi connectivity index (χ1) is 15.6. The first-order valence-corrected chi connectivity index (χ1v) is 11.3. The number of carbonyl (C=O) groups is 1. The first kappa shape index (κ1) is 28.7. The normalized spacial score (nSPS) is 10.8. The van der Waals surface area contributed by atoms with Crippen LogP contribution < -0.4 is 20.7 Å². The molecule has 0 saturated heterocycles. The van der Waals surface area contributed by atoms with Gasteiger partial charge in [0.05, 0.1) is 13.2 Å². The van der Waals surface area contributed by atoms with Crippen LogP contribution in [0, 0.1) is 6.92 Å². The molecule has 2 aromatic rings. The number of carbonyl (C=O) groups excluding carboxylic acids is 1. The molecule has 0 aliphatic carbocycles. The molecular weight excluding hydrogens is 531 g/mol. The molecule has 0 radical (unpaired) electrons. The fourth-order valence-corrected chi connectivity index (χ4v) is 2.98. The second-order valence-electron chi connectivity index (χ2n) is 7.25. The maximum absolute atomic E-state index is 12.1. The molecule has 0 spiro atoms. The highest BCUT2D eigenvalue weighted by molar-refractivity contribution is 14.0. The average molecular weight is 569 g/mol. The molecule has 0 aliphatic heterocycles. The maximum atomic E-state index is 12.1. The number of benzene rings is 2. The fraction of sp³-hybridized carbons (Fsp3) is 0.440. The predicted molar refractivity (Wildman–Crippen MR) is 145 cm³/mol. The molecule has 2 rings (SSSR count). The molecule has 0 aromatic heterocycles. The van der Waals surface area contributed by atoms with Crippen LogP contribution in [0.2, 0.25) is 0 Å². The van der Waals surface area contributed by atoms with E-state index < -0.39 is 0 Å². The van der Waals surface area contributed by atoms with Crippen molar-refractivity contribution in [1.82, 2.24) is 16.0 Å². The summed E-state index contributed by atoms with van der Waals surface area (Å²) >= 11 is 0. The van der Waals surface area contributed by atoms with Crippen molar-refractivity contribution in [1.29, 1.82) is 0 Å². The van der Waals surface area contributed by atoms with Gasteiger partial charge in [0.2, 0.25) is 0 Å². The van der Waals surface area contributed by atoms with Crippen molar-refractivity contribution in [3.63, 3.8) is 0 Å². The summed E-state index contributed by atoms with van der Waals surface area (Å²) < 4.78 is 11.3. The lowest BCUT2D eigenvalue weighted by Gasteiger charge is -2.14. The van der Waals surface area contributed by atoms with E-state index in [9.17, 15) is 4.79 Å². The van der Waals surface area contributed by atoms with Gasteiger partial charge in [-0.25, -0.2) is 4.99 Å². The van der Waals surface area contributed by atoms with E-state index in [1.54, 1.807) is 0 Å². The van der Waals surface area contributed by atoms with Crippen LogP contribution in [-0.2, 0) is 11.3 Å². The quantitative estimate of drug-likeness (QED) is 0.148. The number of halogens is 1. The lowest BCUT2D eigenvalue weighted by Crippen LogP contribution is -2.38. The Morgan fingerprint density at radius 2 is 1.73 bits per heavy atom. The SMILES string of the molecule is CCNC(=NCc1ccc(C)cc1OCCOCC)NCCCNC(=O)c1ccccc1.I. The molecule has 0 bridgehead atoms. The van der Waals surface area contributed by atoms with Crippen molar-refractivity contribution in [2.24, 2.45) is 4.99 Å². The van der Waals surface area contributed by atoms with Gasteiger partial charge in [0.15, 0.2) is 5.96 Å². The van der Waals surface area contributed by atoms with Gasteiger partial charge in [-0.15, -0.1) is 24.0 Å². The van der Waals surface area contributed by atoms with Crippen LogP contribution in [-0.4, -0.2) is 51.3 Å². The van der Waals surface area contributed by atoms with E-state index >= 15 is 0 Å². The van der Waals surface area contributed by atoms with Crippen molar-refractivity contribution in [2.75, 3.05) is 39.5 Å². The Kier molecular flexibility index (Phi) is 14.9. The van der Waals surface area contributed by atoms with Crippen LogP contribution in [0.4, 0.5) is 0 Å². The zero-order valence-corrected chi connectivity index (χ0v) is 22.2.